The molecule has 2 aromatic heterocycles. The van der Waals surface area contributed by atoms with Crippen molar-refractivity contribution >= 4 is 34.7 Å². The maximum absolute atomic E-state index is 13.1. The highest BCUT2D eigenvalue weighted by atomic mass is 35.5. The summed E-state index contributed by atoms with van der Waals surface area (Å²) in [6.45, 7) is 4.02. The normalized spacial score (nSPS) is 16.3. The monoisotopic (exact) mass is 383 g/mol. The number of hydrogen-bond donors (Lipinski definition) is 1. The largest absolute Gasteiger partial charge is 0.330 e. The number of fused-ring (bicyclic) bond motifs is 2. The molecule has 0 aliphatic carbocycles. The zero-order chi connectivity index (χ0) is 19.1. The minimum Gasteiger partial charge on any atom is -0.330 e. The van der Waals surface area contributed by atoms with Crippen LogP contribution in [0.25, 0.3) is 5.65 Å². The van der Waals surface area contributed by atoms with Crippen molar-refractivity contribution in [1.82, 2.24) is 19.5 Å². The molecule has 7 nitrogen and oxygen atoms in total. The molecule has 0 fully saturated rings. The summed E-state index contributed by atoms with van der Waals surface area (Å²) in [4.78, 5) is 30.5. The van der Waals surface area contributed by atoms with Crippen LogP contribution in [0.2, 0.25) is 5.02 Å². The van der Waals surface area contributed by atoms with Crippen LogP contribution in [0, 0.1) is 0 Å². The van der Waals surface area contributed by atoms with Gasteiger partial charge in [0.25, 0.3) is 5.91 Å². The Morgan fingerprint density at radius 1 is 1.33 bits per heavy atom. The second kappa shape index (κ2) is 6.66. The van der Waals surface area contributed by atoms with Gasteiger partial charge in [-0.05, 0) is 30.5 Å². The summed E-state index contributed by atoms with van der Waals surface area (Å²) >= 11 is 5.94. The van der Waals surface area contributed by atoms with Gasteiger partial charge in [0.1, 0.15) is 0 Å². The fraction of sp³-hybridized carbons (Fsp3) is 0.263. The van der Waals surface area contributed by atoms with Crippen molar-refractivity contribution < 1.29 is 9.59 Å². The predicted octanol–water partition coefficient (Wildman–Crippen LogP) is 3.10. The third kappa shape index (κ3) is 3.14. The molecule has 27 heavy (non-hydrogen) atoms. The van der Waals surface area contributed by atoms with Crippen LogP contribution in [0.1, 0.15) is 41.5 Å². The molecule has 1 aromatic carbocycles. The quantitative estimate of drug-likeness (QED) is 0.737. The van der Waals surface area contributed by atoms with Crippen LogP contribution in [-0.4, -0.2) is 37.9 Å². The van der Waals surface area contributed by atoms with E-state index in [1.54, 1.807) is 17.2 Å². The summed E-state index contributed by atoms with van der Waals surface area (Å²) in [6.07, 6.45) is 3.81. The number of nitrogens with zero attached hydrogens (tertiary/aromatic N) is 4. The Labute approximate surface area is 160 Å². The first-order valence-electron chi connectivity index (χ1n) is 8.65. The van der Waals surface area contributed by atoms with E-state index in [1.165, 1.54) is 17.6 Å². The van der Waals surface area contributed by atoms with E-state index in [0.717, 1.165) is 16.8 Å². The third-order valence-corrected chi connectivity index (χ3v) is 5.00. The van der Waals surface area contributed by atoms with Crippen LogP contribution in [0.4, 0.5) is 5.69 Å². The Balaban J connectivity index is 1.65. The van der Waals surface area contributed by atoms with E-state index in [-0.39, 0.29) is 17.9 Å². The standard InChI is InChI=1S/C19H18ClN5O2/c1-11-14-4-3-5-16(22-12(2)26)15(14)6-7-24(11)19(27)17-8-18-21-9-13(20)10-25(18)23-17/h3-5,8-11H,6-7H2,1-2H3,(H,22,26)/t11-/m0/s1. The fourth-order valence-electron chi connectivity index (χ4n) is 3.56. The second-order valence-electron chi connectivity index (χ2n) is 6.58. The molecule has 2 amide bonds. The maximum Gasteiger partial charge on any atom is 0.274 e. The average Bonchev–Trinajstić information content (AvgIpc) is 3.05. The van der Waals surface area contributed by atoms with Crippen molar-refractivity contribution in [2.24, 2.45) is 0 Å². The van der Waals surface area contributed by atoms with E-state index in [4.69, 9.17) is 11.6 Å². The van der Waals surface area contributed by atoms with E-state index in [0.29, 0.717) is 29.3 Å². The molecule has 0 saturated heterocycles. The van der Waals surface area contributed by atoms with Gasteiger partial charge in [-0.15, -0.1) is 0 Å². The Kier molecular flexibility index (Phi) is 4.31. The van der Waals surface area contributed by atoms with E-state index >= 15 is 0 Å². The van der Waals surface area contributed by atoms with Crippen molar-refractivity contribution in [3.63, 3.8) is 0 Å². The lowest BCUT2D eigenvalue weighted by Crippen LogP contribution is -2.39. The molecule has 0 radical (unpaired) electrons. The number of aromatic nitrogens is 3. The highest BCUT2D eigenvalue weighted by Gasteiger charge is 2.31. The van der Waals surface area contributed by atoms with Crippen LogP contribution < -0.4 is 5.32 Å². The molecule has 1 N–H and O–H groups in total. The summed E-state index contributed by atoms with van der Waals surface area (Å²) in [5.74, 6) is -0.259. The number of hydrogen-bond acceptors (Lipinski definition) is 4. The molecule has 1 atom stereocenters. The van der Waals surface area contributed by atoms with Crippen LogP contribution in [0.15, 0.2) is 36.7 Å². The Hall–Kier alpha value is -2.93. The maximum atomic E-state index is 13.1. The number of carbonyl (C=O) groups is 2. The van der Waals surface area contributed by atoms with Gasteiger partial charge in [-0.1, -0.05) is 23.7 Å². The van der Waals surface area contributed by atoms with Gasteiger partial charge in [-0.25, -0.2) is 9.50 Å². The molecule has 138 valence electrons. The molecule has 0 spiro atoms. The number of nitrogens with one attached hydrogen (secondary N) is 1. The molecular weight excluding hydrogens is 366 g/mol. The van der Waals surface area contributed by atoms with Crippen molar-refractivity contribution in [3.8, 4) is 0 Å². The smallest absolute Gasteiger partial charge is 0.274 e. The first kappa shape index (κ1) is 17.5. The lowest BCUT2D eigenvalue weighted by Gasteiger charge is -2.35. The number of benzene rings is 1. The molecule has 3 heterocycles. The number of halogens is 1. The molecular formula is C19H18ClN5O2. The molecule has 0 bridgehead atoms. The van der Waals surface area contributed by atoms with Crippen molar-refractivity contribution in [2.45, 2.75) is 26.3 Å². The van der Waals surface area contributed by atoms with Crippen LogP contribution in [0.5, 0.6) is 0 Å². The number of rotatable bonds is 2. The summed E-state index contributed by atoms with van der Waals surface area (Å²) in [5, 5.41) is 7.64. The summed E-state index contributed by atoms with van der Waals surface area (Å²) in [6, 6.07) is 7.31. The molecule has 3 aromatic rings. The van der Waals surface area contributed by atoms with Gasteiger partial charge in [-0.3, -0.25) is 9.59 Å². The van der Waals surface area contributed by atoms with Crippen LogP contribution in [-0.2, 0) is 11.2 Å². The number of amides is 2. The lowest BCUT2D eigenvalue weighted by atomic mass is 9.91. The predicted molar refractivity (Wildman–Crippen MR) is 102 cm³/mol. The van der Waals surface area contributed by atoms with E-state index in [2.05, 4.69) is 15.4 Å². The Morgan fingerprint density at radius 3 is 2.93 bits per heavy atom. The fourth-order valence-corrected chi connectivity index (χ4v) is 3.70. The summed E-state index contributed by atoms with van der Waals surface area (Å²) in [5.41, 5.74) is 3.82. The molecule has 8 heteroatoms. The van der Waals surface area contributed by atoms with Crippen molar-refractivity contribution in [1.29, 1.82) is 0 Å². The second-order valence-corrected chi connectivity index (χ2v) is 7.02. The van der Waals surface area contributed by atoms with Gasteiger partial charge in [-0.2, -0.15) is 5.10 Å². The summed E-state index contributed by atoms with van der Waals surface area (Å²) in [7, 11) is 0. The van der Waals surface area contributed by atoms with Gasteiger partial charge in [0, 0.05) is 31.4 Å². The number of anilines is 1. The SMILES string of the molecule is CC(=O)Nc1cccc2c1CCN(C(=O)c1cc3ncc(Cl)cn3n1)[C@H]2C. The van der Waals surface area contributed by atoms with Gasteiger partial charge in [0.15, 0.2) is 11.3 Å². The van der Waals surface area contributed by atoms with Crippen molar-refractivity contribution in [3.05, 3.63) is 58.5 Å². The van der Waals surface area contributed by atoms with Gasteiger partial charge < -0.3 is 10.2 Å². The van der Waals surface area contributed by atoms with Gasteiger partial charge >= 0.3 is 0 Å². The highest BCUT2D eigenvalue weighted by Crippen LogP contribution is 2.34. The molecule has 1 aliphatic heterocycles. The number of carbonyl (C=O) groups excluding carboxylic acids is 2. The Bertz CT molecular complexity index is 1060. The van der Waals surface area contributed by atoms with Crippen LogP contribution in [0.3, 0.4) is 0 Å². The highest BCUT2D eigenvalue weighted by molar-refractivity contribution is 6.30. The first-order valence-corrected chi connectivity index (χ1v) is 9.03. The lowest BCUT2D eigenvalue weighted by molar-refractivity contribution is -0.114. The Morgan fingerprint density at radius 2 is 2.15 bits per heavy atom. The molecule has 0 saturated carbocycles. The minimum absolute atomic E-state index is 0.106. The van der Waals surface area contributed by atoms with E-state index < -0.39 is 0 Å². The van der Waals surface area contributed by atoms with Gasteiger partial charge in [0.2, 0.25) is 5.91 Å². The zero-order valence-electron chi connectivity index (χ0n) is 14.9. The molecule has 1 aliphatic rings. The third-order valence-electron chi connectivity index (χ3n) is 4.81. The van der Waals surface area contributed by atoms with Crippen LogP contribution >= 0.6 is 11.6 Å². The first-order chi connectivity index (χ1) is 12.9. The van der Waals surface area contributed by atoms with E-state index in [9.17, 15) is 9.59 Å². The zero-order valence-corrected chi connectivity index (χ0v) is 15.7. The minimum atomic E-state index is -0.153. The average molecular weight is 384 g/mol. The summed E-state index contributed by atoms with van der Waals surface area (Å²) < 4.78 is 1.51. The van der Waals surface area contributed by atoms with Crippen molar-refractivity contribution in [2.75, 3.05) is 11.9 Å². The molecule has 0 unspecified atom stereocenters. The topological polar surface area (TPSA) is 79.6 Å². The van der Waals surface area contributed by atoms with E-state index in [1.807, 2.05) is 25.1 Å². The van der Waals surface area contributed by atoms with Gasteiger partial charge in [0.05, 0.1) is 17.3 Å². The molecule has 4 rings (SSSR count).